The molecule has 1 aliphatic heterocycles. The van der Waals surface area contributed by atoms with Crippen LogP contribution in [-0.2, 0) is 4.74 Å². The molecule has 1 aromatic heterocycles. The largest absolute Gasteiger partial charge is 0.490 e. The summed E-state index contributed by atoms with van der Waals surface area (Å²) in [6.07, 6.45) is 2.36. The van der Waals surface area contributed by atoms with E-state index in [-0.39, 0.29) is 30.0 Å². The van der Waals surface area contributed by atoms with Gasteiger partial charge < -0.3 is 30.1 Å². The van der Waals surface area contributed by atoms with E-state index in [4.69, 9.17) is 9.47 Å². The average Bonchev–Trinajstić information content (AvgIpc) is 2.89. The topological polar surface area (TPSA) is 137 Å². The Morgan fingerprint density at radius 3 is 2.39 bits per heavy atom. The summed E-state index contributed by atoms with van der Waals surface area (Å²) in [5, 5.41) is 26.1. The van der Waals surface area contributed by atoms with Gasteiger partial charge in [-0.15, -0.1) is 0 Å². The number of nitriles is 1. The number of carbonyl (C=O) groups is 2. The van der Waals surface area contributed by atoms with Crippen molar-refractivity contribution in [1.82, 2.24) is 15.2 Å². The average molecular weight is 608 g/mol. The predicted octanol–water partition coefficient (Wildman–Crippen LogP) is 7.30. The van der Waals surface area contributed by atoms with Gasteiger partial charge in [0.1, 0.15) is 29.8 Å². The molecule has 2 amide bonds. The number of hydrogen-bond acceptors (Lipinski definition) is 7. The highest BCUT2D eigenvalue weighted by Gasteiger charge is 2.39. The third-order valence-corrected chi connectivity index (χ3v) is 7.60. The standard InChI is InChI=1S/C34H49N5O5/c1-22(2)19-34(9,38-30(40)44-33(6,7)8)21-43-27-11-10-23(16-25(27)20-35)24-12-14-36-29(17-24)37-26-13-15-39(31(41)42)28(18-26)32(3,4)5/h10-12,14,16-17,22,26,28H,13,15,18-19,21H2,1-9H3,(H,36,37)(H,38,40)(H,41,42). The minimum atomic E-state index is -0.881. The van der Waals surface area contributed by atoms with Crippen LogP contribution in [0.4, 0.5) is 15.4 Å². The summed E-state index contributed by atoms with van der Waals surface area (Å²) in [4.78, 5) is 30.4. The number of aromatic nitrogens is 1. The zero-order valence-electron chi connectivity index (χ0n) is 27.7. The number of amides is 2. The third kappa shape index (κ3) is 9.76. The van der Waals surface area contributed by atoms with Crippen LogP contribution in [0.3, 0.4) is 0 Å². The van der Waals surface area contributed by atoms with Crippen molar-refractivity contribution in [3.05, 3.63) is 42.1 Å². The molecule has 1 fully saturated rings. The number of alkyl carbamates (subject to hydrolysis) is 1. The van der Waals surface area contributed by atoms with Gasteiger partial charge in [0.15, 0.2) is 0 Å². The molecule has 1 saturated heterocycles. The second-order valence-corrected chi connectivity index (χ2v) is 14.6. The first-order chi connectivity index (χ1) is 20.4. The second-order valence-electron chi connectivity index (χ2n) is 14.6. The number of carboxylic acid groups (broad SMARTS) is 1. The molecule has 0 radical (unpaired) electrons. The highest BCUT2D eigenvalue weighted by Crippen LogP contribution is 2.34. The van der Waals surface area contributed by atoms with Crippen molar-refractivity contribution < 1.29 is 24.2 Å². The summed E-state index contributed by atoms with van der Waals surface area (Å²) in [6.45, 7) is 18.3. The van der Waals surface area contributed by atoms with Gasteiger partial charge in [-0.3, -0.25) is 0 Å². The lowest BCUT2D eigenvalue weighted by Crippen LogP contribution is -2.54. The fourth-order valence-corrected chi connectivity index (χ4v) is 5.80. The van der Waals surface area contributed by atoms with Crippen molar-refractivity contribution in [1.29, 1.82) is 5.26 Å². The Labute approximate surface area is 262 Å². The fourth-order valence-electron chi connectivity index (χ4n) is 5.80. The van der Waals surface area contributed by atoms with Gasteiger partial charge in [-0.25, -0.2) is 14.6 Å². The van der Waals surface area contributed by atoms with Crippen molar-refractivity contribution in [2.45, 2.75) is 105 Å². The lowest BCUT2D eigenvalue weighted by molar-refractivity contribution is 0.0407. The monoisotopic (exact) mass is 607 g/mol. The van der Waals surface area contributed by atoms with Crippen LogP contribution in [0.2, 0.25) is 0 Å². The van der Waals surface area contributed by atoms with Crippen LogP contribution in [0.1, 0.15) is 87.1 Å². The summed E-state index contributed by atoms with van der Waals surface area (Å²) in [5.41, 5.74) is 0.584. The number of piperidine rings is 1. The number of hydrogen-bond donors (Lipinski definition) is 3. The Hall–Kier alpha value is -4.00. The molecule has 240 valence electrons. The summed E-state index contributed by atoms with van der Waals surface area (Å²) in [5.74, 6) is 1.42. The molecule has 10 heteroatoms. The number of ether oxygens (including phenoxy) is 2. The van der Waals surface area contributed by atoms with Gasteiger partial charge in [0.25, 0.3) is 0 Å². The molecule has 44 heavy (non-hydrogen) atoms. The minimum Gasteiger partial charge on any atom is -0.490 e. The van der Waals surface area contributed by atoms with Crippen LogP contribution in [-0.4, -0.2) is 63.6 Å². The Morgan fingerprint density at radius 1 is 1.11 bits per heavy atom. The first-order valence-electron chi connectivity index (χ1n) is 15.3. The number of benzene rings is 1. The number of nitrogens with zero attached hydrogens (tertiary/aromatic N) is 3. The van der Waals surface area contributed by atoms with Gasteiger partial charge in [-0.1, -0.05) is 40.7 Å². The third-order valence-electron chi connectivity index (χ3n) is 7.60. The minimum absolute atomic E-state index is 0.0810. The molecule has 0 spiro atoms. The normalized spacial score (nSPS) is 18.6. The van der Waals surface area contributed by atoms with Gasteiger partial charge in [-0.05, 0) is 93.7 Å². The molecule has 0 aliphatic carbocycles. The van der Waals surface area contributed by atoms with Crippen molar-refractivity contribution in [2.24, 2.45) is 11.3 Å². The molecule has 1 aliphatic rings. The molecule has 2 aromatic rings. The Kier molecular flexibility index (Phi) is 10.8. The first-order valence-corrected chi connectivity index (χ1v) is 15.3. The van der Waals surface area contributed by atoms with E-state index in [0.717, 1.165) is 11.1 Å². The zero-order valence-corrected chi connectivity index (χ0v) is 27.7. The SMILES string of the molecule is CC(C)CC(C)(COc1ccc(-c2ccnc(NC3CCN(C(=O)O)C(C(C)(C)C)C3)c2)cc1C#N)NC(=O)OC(C)(C)C. The summed E-state index contributed by atoms with van der Waals surface area (Å²) in [6, 6.07) is 11.5. The van der Waals surface area contributed by atoms with E-state index in [1.807, 2.05) is 45.9 Å². The van der Waals surface area contributed by atoms with Gasteiger partial charge in [0, 0.05) is 24.8 Å². The molecule has 3 N–H and O–H groups in total. The molecule has 3 unspecified atom stereocenters. The van der Waals surface area contributed by atoms with Crippen LogP contribution < -0.4 is 15.4 Å². The highest BCUT2D eigenvalue weighted by molar-refractivity contribution is 5.70. The highest BCUT2D eigenvalue weighted by atomic mass is 16.6. The van der Waals surface area contributed by atoms with E-state index in [1.165, 1.54) is 0 Å². The van der Waals surface area contributed by atoms with Crippen LogP contribution >= 0.6 is 0 Å². The molecular formula is C34H49N5O5. The molecule has 0 saturated carbocycles. The number of anilines is 1. The van der Waals surface area contributed by atoms with Gasteiger partial charge in [0.05, 0.1) is 11.1 Å². The second kappa shape index (κ2) is 13.7. The van der Waals surface area contributed by atoms with Crippen LogP contribution in [0.15, 0.2) is 36.5 Å². The van der Waals surface area contributed by atoms with Crippen LogP contribution in [0.5, 0.6) is 5.75 Å². The zero-order chi connectivity index (χ0) is 32.9. The predicted molar refractivity (Wildman–Crippen MR) is 172 cm³/mol. The Morgan fingerprint density at radius 2 is 1.80 bits per heavy atom. The van der Waals surface area contributed by atoms with Crippen molar-refractivity contribution in [3.8, 4) is 22.9 Å². The lowest BCUT2D eigenvalue weighted by Gasteiger charge is -2.44. The van der Waals surface area contributed by atoms with Crippen molar-refractivity contribution in [3.63, 3.8) is 0 Å². The van der Waals surface area contributed by atoms with E-state index < -0.39 is 23.3 Å². The number of nitrogens with one attached hydrogen (secondary N) is 2. The van der Waals surface area contributed by atoms with Crippen LogP contribution in [0.25, 0.3) is 11.1 Å². The molecule has 10 nitrogen and oxygen atoms in total. The van der Waals surface area contributed by atoms with Gasteiger partial charge in [0.2, 0.25) is 0 Å². The summed E-state index contributed by atoms with van der Waals surface area (Å²) < 4.78 is 11.6. The molecule has 2 heterocycles. The van der Waals surface area contributed by atoms with E-state index in [1.54, 1.807) is 23.2 Å². The lowest BCUT2D eigenvalue weighted by atomic mass is 9.79. The van der Waals surface area contributed by atoms with E-state index in [2.05, 4.69) is 56.3 Å². The van der Waals surface area contributed by atoms with Crippen molar-refractivity contribution in [2.75, 3.05) is 18.5 Å². The summed E-state index contributed by atoms with van der Waals surface area (Å²) >= 11 is 0. The quantitative estimate of drug-likeness (QED) is 0.270. The van der Waals surface area contributed by atoms with E-state index in [0.29, 0.717) is 42.9 Å². The molecule has 0 bridgehead atoms. The molecule has 3 rings (SSSR count). The molecule has 1 aromatic carbocycles. The maximum Gasteiger partial charge on any atom is 0.408 e. The summed E-state index contributed by atoms with van der Waals surface area (Å²) in [7, 11) is 0. The molecular weight excluding hydrogens is 558 g/mol. The fraction of sp³-hybridized carbons (Fsp3) is 0.588. The van der Waals surface area contributed by atoms with Gasteiger partial charge in [-0.2, -0.15) is 5.26 Å². The van der Waals surface area contributed by atoms with Gasteiger partial charge >= 0.3 is 12.2 Å². The number of carbonyl (C=O) groups excluding carboxylic acids is 1. The Balaban J connectivity index is 1.75. The maximum absolute atomic E-state index is 12.6. The van der Waals surface area contributed by atoms with E-state index >= 15 is 0 Å². The maximum atomic E-state index is 12.6. The first kappa shape index (κ1) is 34.5. The number of likely N-dealkylation sites (tertiary alicyclic amines) is 1. The number of rotatable bonds is 9. The molecule has 3 atom stereocenters. The number of pyridine rings is 1. The van der Waals surface area contributed by atoms with Crippen molar-refractivity contribution >= 4 is 18.0 Å². The Bertz CT molecular complexity index is 1360. The van der Waals surface area contributed by atoms with Crippen LogP contribution in [0, 0.1) is 22.7 Å². The van der Waals surface area contributed by atoms with E-state index in [9.17, 15) is 20.0 Å². The smallest absolute Gasteiger partial charge is 0.408 e.